The lowest BCUT2D eigenvalue weighted by atomic mass is 10.0. The van der Waals surface area contributed by atoms with Crippen LogP contribution in [0.25, 0.3) is 0 Å². The lowest BCUT2D eigenvalue weighted by Crippen LogP contribution is -2.31. The number of ether oxygens (including phenoxy) is 1. The zero-order valence-corrected chi connectivity index (χ0v) is 13.9. The first-order valence-corrected chi connectivity index (χ1v) is 8.16. The lowest BCUT2D eigenvalue weighted by molar-refractivity contribution is -0.132. The predicted molar refractivity (Wildman–Crippen MR) is 88.5 cm³/mol. The summed E-state index contributed by atoms with van der Waals surface area (Å²) >= 11 is 5.84. The summed E-state index contributed by atoms with van der Waals surface area (Å²) < 4.78 is 7.00. The molecule has 1 aromatic carbocycles. The first-order valence-electron chi connectivity index (χ1n) is 7.79. The number of amides is 1. The fourth-order valence-electron chi connectivity index (χ4n) is 3.07. The molecule has 1 aliphatic rings. The number of methoxy groups -OCH3 is 1. The molecule has 0 bridgehead atoms. The highest BCUT2D eigenvalue weighted by molar-refractivity contribution is 6.30. The van der Waals surface area contributed by atoms with Crippen molar-refractivity contribution in [3.63, 3.8) is 0 Å². The number of nitrogens with zero attached hydrogens (tertiary/aromatic N) is 3. The topological polar surface area (TPSA) is 47.4 Å². The highest BCUT2D eigenvalue weighted by Crippen LogP contribution is 2.33. The first-order chi connectivity index (χ1) is 11.2. The molecule has 1 amide bonds. The molecule has 122 valence electrons. The van der Waals surface area contributed by atoms with Crippen LogP contribution in [0.5, 0.6) is 5.75 Å². The number of halogens is 1. The van der Waals surface area contributed by atoms with Crippen LogP contribution >= 0.6 is 11.6 Å². The van der Waals surface area contributed by atoms with E-state index in [1.165, 1.54) is 0 Å². The van der Waals surface area contributed by atoms with Crippen molar-refractivity contribution in [3.8, 4) is 5.75 Å². The molecule has 6 heteroatoms. The van der Waals surface area contributed by atoms with Crippen LogP contribution < -0.4 is 4.74 Å². The van der Waals surface area contributed by atoms with Crippen LogP contribution in [0.4, 0.5) is 0 Å². The summed E-state index contributed by atoms with van der Waals surface area (Å²) in [5.41, 5.74) is 1.14. The molecular weight excluding hydrogens is 314 g/mol. The SMILES string of the molecule is COc1cccc([C@H]2CCCN2C(=O)CCn2cc(Cl)cn2)c1. The molecule has 1 saturated heterocycles. The van der Waals surface area contributed by atoms with Gasteiger partial charge in [0.25, 0.3) is 0 Å². The van der Waals surface area contributed by atoms with Crippen LogP contribution in [0.3, 0.4) is 0 Å². The Hall–Kier alpha value is -2.01. The van der Waals surface area contributed by atoms with Crippen molar-refractivity contribution in [1.82, 2.24) is 14.7 Å². The zero-order chi connectivity index (χ0) is 16.2. The van der Waals surface area contributed by atoms with Gasteiger partial charge in [0.1, 0.15) is 5.75 Å². The minimum absolute atomic E-state index is 0.138. The largest absolute Gasteiger partial charge is 0.497 e. The first kappa shape index (κ1) is 15.9. The van der Waals surface area contributed by atoms with Crippen molar-refractivity contribution in [1.29, 1.82) is 0 Å². The Morgan fingerprint density at radius 1 is 1.48 bits per heavy atom. The third-order valence-electron chi connectivity index (χ3n) is 4.21. The Morgan fingerprint density at radius 3 is 3.09 bits per heavy atom. The third kappa shape index (κ3) is 3.67. The average Bonchev–Trinajstić information content (AvgIpc) is 3.21. The molecule has 2 heterocycles. The standard InChI is InChI=1S/C17H20ClN3O2/c1-23-15-5-2-4-13(10-15)16-6-3-8-21(16)17(22)7-9-20-12-14(18)11-19-20/h2,4-5,10-12,16H,3,6-9H2,1H3/t16-/m1/s1. The van der Waals surface area contributed by atoms with Gasteiger partial charge in [0.05, 0.1) is 24.4 Å². The Kier molecular flexibility index (Phi) is 4.86. The molecule has 2 aromatic rings. The molecule has 0 aliphatic carbocycles. The molecule has 1 aromatic heterocycles. The van der Waals surface area contributed by atoms with Crippen LogP contribution in [0, 0.1) is 0 Å². The number of hydrogen-bond acceptors (Lipinski definition) is 3. The summed E-state index contributed by atoms with van der Waals surface area (Å²) in [6.07, 6.45) is 5.77. The molecule has 5 nitrogen and oxygen atoms in total. The molecule has 0 N–H and O–H groups in total. The van der Waals surface area contributed by atoms with Crippen molar-refractivity contribution >= 4 is 17.5 Å². The number of rotatable bonds is 5. The summed E-state index contributed by atoms with van der Waals surface area (Å²) in [4.78, 5) is 14.6. The number of carbonyl (C=O) groups is 1. The van der Waals surface area contributed by atoms with Gasteiger partial charge >= 0.3 is 0 Å². The van der Waals surface area contributed by atoms with Gasteiger partial charge in [0, 0.05) is 25.7 Å². The molecule has 23 heavy (non-hydrogen) atoms. The summed E-state index contributed by atoms with van der Waals surface area (Å²) in [5, 5.41) is 4.70. The molecule has 0 spiro atoms. The smallest absolute Gasteiger partial charge is 0.224 e. The minimum Gasteiger partial charge on any atom is -0.497 e. The van der Waals surface area contributed by atoms with E-state index in [1.807, 2.05) is 23.1 Å². The van der Waals surface area contributed by atoms with Gasteiger partial charge in [0.15, 0.2) is 0 Å². The van der Waals surface area contributed by atoms with Crippen molar-refractivity contribution in [3.05, 3.63) is 47.2 Å². The maximum Gasteiger partial charge on any atom is 0.224 e. The molecule has 1 fully saturated rings. The second-order valence-corrected chi connectivity index (χ2v) is 6.13. The van der Waals surface area contributed by atoms with E-state index in [2.05, 4.69) is 11.2 Å². The second kappa shape index (κ2) is 7.04. The number of aryl methyl sites for hydroxylation is 1. The van der Waals surface area contributed by atoms with Gasteiger partial charge in [-0.1, -0.05) is 23.7 Å². The van der Waals surface area contributed by atoms with E-state index in [1.54, 1.807) is 24.2 Å². The van der Waals surface area contributed by atoms with Gasteiger partial charge in [-0.15, -0.1) is 0 Å². The van der Waals surface area contributed by atoms with Crippen LogP contribution in [0.15, 0.2) is 36.7 Å². The van der Waals surface area contributed by atoms with Crippen molar-refractivity contribution in [2.24, 2.45) is 0 Å². The molecule has 0 saturated carbocycles. The van der Waals surface area contributed by atoms with Crippen molar-refractivity contribution in [2.45, 2.75) is 31.8 Å². The molecular formula is C17H20ClN3O2. The quantitative estimate of drug-likeness (QED) is 0.843. The van der Waals surface area contributed by atoms with Gasteiger partial charge in [-0.2, -0.15) is 5.10 Å². The van der Waals surface area contributed by atoms with E-state index in [9.17, 15) is 4.79 Å². The van der Waals surface area contributed by atoms with E-state index in [0.29, 0.717) is 18.0 Å². The Labute approximate surface area is 140 Å². The van der Waals surface area contributed by atoms with Crippen LogP contribution in [-0.2, 0) is 11.3 Å². The Morgan fingerprint density at radius 2 is 2.35 bits per heavy atom. The van der Waals surface area contributed by atoms with Gasteiger partial charge in [-0.25, -0.2) is 0 Å². The van der Waals surface area contributed by atoms with Gasteiger partial charge in [0.2, 0.25) is 5.91 Å². The predicted octanol–water partition coefficient (Wildman–Crippen LogP) is 3.30. The molecule has 0 radical (unpaired) electrons. The molecule has 0 unspecified atom stereocenters. The van der Waals surface area contributed by atoms with E-state index < -0.39 is 0 Å². The summed E-state index contributed by atoms with van der Waals surface area (Å²) in [7, 11) is 1.66. The fourth-order valence-corrected chi connectivity index (χ4v) is 3.23. The monoisotopic (exact) mass is 333 g/mol. The number of aromatic nitrogens is 2. The highest BCUT2D eigenvalue weighted by atomic mass is 35.5. The van der Waals surface area contributed by atoms with Crippen molar-refractivity contribution < 1.29 is 9.53 Å². The molecule has 1 atom stereocenters. The number of benzene rings is 1. The normalized spacial score (nSPS) is 17.5. The summed E-state index contributed by atoms with van der Waals surface area (Å²) in [5.74, 6) is 0.981. The maximum atomic E-state index is 12.6. The number of hydrogen-bond donors (Lipinski definition) is 0. The summed E-state index contributed by atoms with van der Waals surface area (Å²) in [6.45, 7) is 1.35. The van der Waals surface area contributed by atoms with E-state index in [-0.39, 0.29) is 11.9 Å². The lowest BCUT2D eigenvalue weighted by Gasteiger charge is -2.25. The van der Waals surface area contributed by atoms with Crippen LogP contribution in [0.2, 0.25) is 5.02 Å². The number of likely N-dealkylation sites (tertiary alicyclic amines) is 1. The van der Waals surface area contributed by atoms with E-state index in [4.69, 9.17) is 16.3 Å². The minimum atomic E-state index is 0.138. The van der Waals surface area contributed by atoms with E-state index in [0.717, 1.165) is 30.7 Å². The van der Waals surface area contributed by atoms with Gasteiger partial charge < -0.3 is 9.64 Å². The van der Waals surface area contributed by atoms with Gasteiger partial charge in [-0.3, -0.25) is 9.48 Å². The Bertz CT molecular complexity index is 686. The van der Waals surface area contributed by atoms with Crippen molar-refractivity contribution in [2.75, 3.05) is 13.7 Å². The second-order valence-electron chi connectivity index (χ2n) is 5.69. The zero-order valence-electron chi connectivity index (χ0n) is 13.1. The highest BCUT2D eigenvalue weighted by Gasteiger charge is 2.29. The number of carbonyl (C=O) groups excluding carboxylic acids is 1. The Balaban J connectivity index is 1.66. The maximum absolute atomic E-state index is 12.6. The van der Waals surface area contributed by atoms with Crippen LogP contribution in [-0.4, -0.2) is 34.2 Å². The average molecular weight is 334 g/mol. The molecule has 1 aliphatic heterocycles. The fraction of sp³-hybridized carbons (Fsp3) is 0.412. The summed E-state index contributed by atoms with van der Waals surface area (Å²) in [6, 6.07) is 8.11. The van der Waals surface area contributed by atoms with Crippen LogP contribution in [0.1, 0.15) is 30.9 Å². The third-order valence-corrected chi connectivity index (χ3v) is 4.40. The molecule has 3 rings (SSSR count). The van der Waals surface area contributed by atoms with Gasteiger partial charge in [-0.05, 0) is 30.5 Å². The van der Waals surface area contributed by atoms with E-state index >= 15 is 0 Å².